The van der Waals surface area contributed by atoms with Gasteiger partial charge in [0.05, 0.1) is 11.3 Å². The van der Waals surface area contributed by atoms with Gasteiger partial charge < -0.3 is 0 Å². The monoisotopic (exact) mass is 389 g/mol. The van der Waals surface area contributed by atoms with E-state index in [0.717, 1.165) is 36.1 Å². The van der Waals surface area contributed by atoms with Gasteiger partial charge in [-0.25, -0.2) is 0 Å². The van der Waals surface area contributed by atoms with Gasteiger partial charge in [-0.15, -0.1) is 0 Å². The minimum Gasteiger partial charge on any atom is -0.256 e. The maximum Gasteiger partial charge on any atom is 0.341 e. The molecule has 1 aromatic heterocycles. The van der Waals surface area contributed by atoms with Crippen molar-refractivity contribution in [2.75, 3.05) is 0 Å². The van der Waals surface area contributed by atoms with E-state index in [1.165, 1.54) is 17.8 Å². The molecule has 1 nitrogen and oxygen atoms in total. The fraction of sp³-hybridized carbons (Fsp3) is 0.348. The lowest BCUT2D eigenvalue weighted by molar-refractivity contribution is -0.150. The Bertz CT molecular complexity index is 878. The first-order chi connectivity index (χ1) is 13.3. The summed E-state index contributed by atoms with van der Waals surface area (Å²) in [6, 6.07) is 11.0. The Kier molecular flexibility index (Phi) is 5.73. The number of halogens is 4. The third-order valence-corrected chi connectivity index (χ3v) is 4.97. The first-order valence-corrected chi connectivity index (χ1v) is 9.54. The highest BCUT2D eigenvalue weighted by molar-refractivity contribution is 5.75. The van der Waals surface area contributed by atoms with E-state index >= 15 is 0 Å². The van der Waals surface area contributed by atoms with Crippen LogP contribution in [0.4, 0.5) is 17.6 Å². The molecule has 0 aliphatic heterocycles. The van der Waals surface area contributed by atoms with Gasteiger partial charge in [0.15, 0.2) is 0 Å². The van der Waals surface area contributed by atoms with Crippen LogP contribution in [0.2, 0.25) is 0 Å². The molecule has 148 valence electrons. The van der Waals surface area contributed by atoms with Crippen molar-refractivity contribution >= 4 is 5.57 Å². The van der Waals surface area contributed by atoms with Crippen LogP contribution in [0.25, 0.3) is 16.7 Å². The number of allylic oxidation sites excluding steroid dienone is 4. The van der Waals surface area contributed by atoms with Crippen molar-refractivity contribution in [3.8, 4) is 11.1 Å². The lowest BCUT2D eigenvalue weighted by atomic mass is 9.86. The molecule has 0 unspecified atom stereocenters. The third kappa shape index (κ3) is 3.62. The molecular formula is C23H23F4N. The van der Waals surface area contributed by atoms with Gasteiger partial charge in [-0.2, -0.15) is 17.6 Å². The van der Waals surface area contributed by atoms with Crippen LogP contribution in [0.1, 0.15) is 44.4 Å². The van der Waals surface area contributed by atoms with E-state index in [-0.39, 0.29) is 12.1 Å². The van der Waals surface area contributed by atoms with Gasteiger partial charge in [-0.1, -0.05) is 69.2 Å². The Balaban J connectivity index is 1.90. The number of aryl methyl sites for hydroxylation is 1. The van der Waals surface area contributed by atoms with E-state index in [1.807, 2.05) is 24.3 Å². The molecule has 3 rings (SSSR count). The summed E-state index contributed by atoms with van der Waals surface area (Å²) in [6.07, 6.45) is 5.99. The maximum atomic E-state index is 14.5. The molecule has 0 fully saturated rings. The molecule has 1 aliphatic carbocycles. The van der Waals surface area contributed by atoms with Crippen molar-refractivity contribution in [1.82, 2.24) is 4.98 Å². The van der Waals surface area contributed by atoms with E-state index < -0.39 is 23.0 Å². The second-order valence-corrected chi connectivity index (χ2v) is 7.05. The number of nitrogens with zero attached hydrogens (tertiary/aromatic N) is 1. The van der Waals surface area contributed by atoms with Gasteiger partial charge in [0.25, 0.3) is 0 Å². The predicted molar refractivity (Wildman–Crippen MR) is 105 cm³/mol. The molecule has 28 heavy (non-hydrogen) atoms. The number of hydrogen-bond acceptors (Lipinski definition) is 1. The van der Waals surface area contributed by atoms with E-state index in [9.17, 15) is 17.6 Å². The van der Waals surface area contributed by atoms with E-state index in [0.29, 0.717) is 6.42 Å². The fourth-order valence-electron chi connectivity index (χ4n) is 3.40. The van der Waals surface area contributed by atoms with Crippen molar-refractivity contribution in [2.45, 2.75) is 51.4 Å². The molecule has 1 aliphatic rings. The zero-order valence-corrected chi connectivity index (χ0v) is 16.0. The number of hydrogen-bond donors (Lipinski definition) is 0. The average molecular weight is 389 g/mol. The largest absolute Gasteiger partial charge is 0.341 e. The van der Waals surface area contributed by atoms with Crippen molar-refractivity contribution in [3.63, 3.8) is 0 Å². The summed E-state index contributed by atoms with van der Waals surface area (Å²) in [5, 5.41) is 0. The summed E-state index contributed by atoms with van der Waals surface area (Å²) in [6.45, 7) is 3.79. The lowest BCUT2D eigenvalue weighted by Crippen LogP contribution is -2.44. The number of benzene rings is 1. The fourth-order valence-corrected chi connectivity index (χ4v) is 3.40. The van der Waals surface area contributed by atoms with Crippen molar-refractivity contribution in [1.29, 1.82) is 0 Å². The van der Waals surface area contributed by atoms with E-state index in [1.54, 1.807) is 13.0 Å². The Morgan fingerprint density at radius 3 is 1.96 bits per heavy atom. The Morgan fingerprint density at radius 2 is 1.39 bits per heavy atom. The van der Waals surface area contributed by atoms with Crippen molar-refractivity contribution in [3.05, 3.63) is 71.6 Å². The molecule has 0 atom stereocenters. The SMILES string of the molecule is CCCC1=CC=C(c2ccc(-c3ccc(CCC)cc3)cn2)C(F)(F)C1(F)F. The van der Waals surface area contributed by atoms with Crippen LogP contribution in [-0.4, -0.2) is 16.8 Å². The molecule has 0 spiro atoms. The summed E-state index contributed by atoms with van der Waals surface area (Å²) in [5.74, 6) is -8.49. The summed E-state index contributed by atoms with van der Waals surface area (Å²) in [7, 11) is 0. The molecule has 0 radical (unpaired) electrons. The van der Waals surface area contributed by atoms with Crippen LogP contribution in [0, 0.1) is 0 Å². The molecule has 5 heteroatoms. The van der Waals surface area contributed by atoms with Crippen LogP contribution in [0.15, 0.2) is 60.3 Å². The van der Waals surface area contributed by atoms with Crippen LogP contribution < -0.4 is 0 Å². The van der Waals surface area contributed by atoms with Gasteiger partial charge in [-0.05, 0) is 30.0 Å². The van der Waals surface area contributed by atoms with Crippen LogP contribution in [0.3, 0.4) is 0 Å². The maximum absolute atomic E-state index is 14.5. The van der Waals surface area contributed by atoms with Crippen LogP contribution >= 0.6 is 0 Å². The van der Waals surface area contributed by atoms with Crippen LogP contribution in [0.5, 0.6) is 0 Å². The minimum atomic E-state index is -4.29. The highest BCUT2D eigenvalue weighted by Gasteiger charge is 2.62. The number of aromatic nitrogens is 1. The third-order valence-electron chi connectivity index (χ3n) is 4.97. The normalized spacial score (nSPS) is 17.8. The average Bonchev–Trinajstić information content (AvgIpc) is 2.67. The Hall–Kier alpha value is -2.43. The minimum absolute atomic E-state index is 0.0627. The number of rotatable bonds is 6. The Labute approximate surface area is 162 Å². The molecular weight excluding hydrogens is 366 g/mol. The first-order valence-electron chi connectivity index (χ1n) is 9.54. The lowest BCUT2D eigenvalue weighted by Gasteiger charge is -2.33. The number of alkyl halides is 4. The topological polar surface area (TPSA) is 12.9 Å². The molecule has 0 amide bonds. The highest BCUT2D eigenvalue weighted by atomic mass is 19.3. The first kappa shape index (κ1) is 20.3. The van der Waals surface area contributed by atoms with Gasteiger partial charge in [0, 0.05) is 17.3 Å². The molecule has 0 N–H and O–H groups in total. The van der Waals surface area contributed by atoms with Crippen LogP contribution in [-0.2, 0) is 6.42 Å². The summed E-state index contributed by atoms with van der Waals surface area (Å²) in [4.78, 5) is 4.06. The molecule has 2 aromatic rings. The van der Waals surface area contributed by atoms with Gasteiger partial charge in [-0.3, -0.25) is 4.98 Å². The molecule has 0 saturated carbocycles. The Morgan fingerprint density at radius 1 is 0.750 bits per heavy atom. The second kappa shape index (κ2) is 7.90. The second-order valence-electron chi connectivity index (χ2n) is 7.05. The van der Waals surface area contributed by atoms with Crippen molar-refractivity contribution in [2.24, 2.45) is 0 Å². The standard InChI is InChI=1S/C23H23F4N/c1-3-5-16-7-9-17(10-8-16)18-11-14-21(28-15-18)20-13-12-19(6-4-2)22(24,25)23(20,26)27/h7-15H,3-6H2,1-2H3. The van der Waals surface area contributed by atoms with Gasteiger partial charge in [0.1, 0.15) is 0 Å². The van der Waals surface area contributed by atoms with Gasteiger partial charge in [0.2, 0.25) is 0 Å². The quantitative estimate of drug-likeness (QED) is 0.480. The smallest absolute Gasteiger partial charge is 0.256 e. The molecule has 1 aromatic carbocycles. The summed E-state index contributed by atoms with van der Waals surface area (Å²) in [5.41, 5.74) is 1.46. The molecule has 0 bridgehead atoms. The van der Waals surface area contributed by atoms with E-state index in [2.05, 4.69) is 11.9 Å². The summed E-state index contributed by atoms with van der Waals surface area (Å²) >= 11 is 0. The molecule has 0 saturated heterocycles. The van der Waals surface area contributed by atoms with E-state index in [4.69, 9.17) is 0 Å². The predicted octanol–water partition coefficient (Wildman–Crippen LogP) is 7.10. The highest BCUT2D eigenvalue weighted by Crippen LogP contribution is 2.51. The summed E-state index contributed by atoms with van der Waals surface area (Å²) < 4.78 is 57.7. The van der Waals surface area contributed by atoms with Gasteiger partial charge >= 0.3 is 11.8 Å². The van der Waals surface area contributed by atoms with Crippen molar-refractivity contribution < 1.29 is 17.6 Å². The number of pyridine rings is 1. The zero-order chi connectivity index (χ0) is 20.4. The molecule has 1 heterocycles. The zero-order valence-electron chi connectivity index (χ0n) is 16.0.